The summed E-state index contributed by atoms with van der Waals surface area (Å²) < 4.78 is 20.2. The van der Waals surface area contributed by atoms with E-state index in [1.54, 1.807) is 7.05 Å². The molecule has 4 rings (SSSR count). The molecule has 0 bridgehead atoms. The van der Waals surface area contributed by atoms with Gasteiger partial charge in [0.2, 0.25) is 5.43 Å². The van der Waals surface area contributed by atoms with Crippen LogP contribution in [-0.4, -0.2) is 40.2 Å². The van der Waals surface area contributed by atoms with Gasteiger partial charge in [0, 0.05) is 31.4 Å². The Kier molecular flexibility index (Phi) is 5.99. The molecular weight excluding hydrogens is 431 g/mol. The Morgan fingerprint density at radius 3 is 2.70 bits per heavy atom. The van der Waals surface area contributed by atoms with E-state index < -0.39 is 23.1 Å². The Morgan fingerprint density at radius 1 is 1.21 bits per heavy atom. The predicted octanol–water partition coefficient (Wildman–Crippen LogP) is 1.79. The number of aromatic nitrogens is 1. The predicted molar refractivity (Wildman–Crippen MR) is 117 cm³/mol. The minimum absolute atomic E-state index is 0.0163. The second-order valence-electron chi connectivity index (χ2n) is 7.47. The van der Waals surface area contributed by atoms with Crippen molar-refractivity contribution >= 4 is 11.8 Å². The number of phenols is 1. The Balaban J connectivity index is 1.66. The first kappa shape index (κ1) is 21.9. The summed E-state index contributed by atoms with van der Waals surface area (Å²) in [5.41, 5.74) is 2.97. The molecule has 3 aromatic rings. The van der Waals surface area contributed by atoms with Gasteiger partial charge < -0.3 is 25.5 Å². The smallest absolute Gasteiger partial charge is 0.277 e. The van der Waals surface area contributed by atoms with Crippen LogP contribution in [0.25, 0.3) is 0 Å². The molecule has 0 saturated carbocycles. The van der Waals surface area contributed by atoms with Crippen LogP contribution < -0.4 is 20.9 Å². The highest BCUT2D eigenvalue weighted by molar-refractivity contribution is 5.99. The fourth-order valence-corrected chi connectivity index (χ4v) is 3.33. The lowest BCUT2D eigenvalue weighted by Gasteiger charge is -2.29. The minimum Gasteiger partial charge on any atom is -0.507 e. The van der Waals surface area contributed by atoms with Crippen molar-refractivity contribution < 1.29 is 23.8 Å². The Bertz CT molecular complexity index is 1280. The Labute approximate surface area is 188 Å². The SMILES string of the molecule is CN1CNn2cc(C(=O)NCc3ccc(F)cc3O)c(=O)c(OCc3ccccc3)c2C1=O. The van der Waals surface area contributed by atoms with Crippen molar-refractivity contribution in [3.05, 3.63) is 93.2 Å². The molecule has 33 heavy (non-hydrogen) atoms. The summed E-state index contributed by atoms with van der Waals surface area (Å²) in [7, 11) is 1.57. The van der Waals surface area contributed by atoms with E-state index in [0.717, 1.165) is 17.7 Å². The quantitative estimate of drug-likeness (QED) is 0.526. The molecule has 0 atom stereocenters. The number of benzene rings is 2. The fourth-order valence-electron chi connectivity index (χ4n) is 3.33. The molecule has 0 fully saturated rings. The Hall–Kier alpha value is -4.34. The standard InChI is InChI=1S/C23H21FN4O5/c1-27-13-26-28-11-17(22(31)25-10-15-7-8-16(24)9-18(15)29)20(30)21(19(28)23(27)32)33-12-14-5-3-2-4-6-14/h2-9,11,26,29H,10,12-13H2,1H3,(H,25,31). The summed E-state index contributed by atoms with van der Waals surface area (Å²) in [6.45, 7) is 0.0490. The lowest BCUT2D eigenvalue weighted by molar-refractivity contribution is 0.0758. The molecule has 10 heteroatoms. The molecular formula is C23H21FN4O5. The third-order valence-electron chi connectivity index (χ3n) is 5.15. The number of carbonyl (C=O) groups excluding carboxylic acids is 2. The molecule has 2 heterocycles. The summed E-state index contributed by atoms with van der Waals surface area (Å²) in [5, 5.41) is 12.4. The Morgan fingerprint density at radius 2 is 1.97 bits per heavy atom. The van der Waals surface area contributed by atoms with Crippen LogP contribution in [-0.2, 0) is 13.2 Å². The minimum atomic E-state index is -0.747. The van der Waals surface area contributed by atoms with Crippen LogP contribution in [0.4, 0.5) is 4.39 Å². The van der Waals surface area contributed by atoms with Crippen LogP contribution in [0, 0.1) is 5.82 Å². The van der Waals surface area contributed by atoms with Gasteiger partial charge in [0.05, 0.1) is 0 Å². The maximum Gasteiger partial charge on any atom is 0.277 e. The number of phenolic OH excluding ortho intramolecular Hbond substituents is 1. The number of carbonyl (C=O) groups is 2. The van der Waals surface area contributed by atoms with Crippen molar-refractivity contribution in [2.45, 2.75) is 13.2 Å². The lowest BCUT2D eigenvalue weighted by Crippen LogP contribution is -2.45. The van der Waals surface area contributed by atoms with Crippen molar-refractivity contribution in [1.82, 2.24) is 14.9 Å². The fraction of sp³-hybridized carbons (Fsp3) is 0.174. The van der Waals surface area contributed by atoms with Crippen molar-refractivity contribution in [2.75, 3.05) is 19.1 Å². The highest BCUT2D eigenvalue weighted by Gasteiger charge is 2.30. The van der Waals surface area contributed by atoms with E-state index in [9.17, 15) is 23.9 Å². The van der Waals surface area contributed by atoms with E-state index in [1.807, 2.05) is 30.3 Å². The van der Waals surface area contributed by atoms with Crippen LogP contribution in [0.3, 0.4) is 0 Å². The number of aromatic hydroxyl groups is 1. The molecule has 2 aromatic carbocycles. The van der Waals surface area contributed by atoms with Gasteiger partial charge in [-0.1, -0.05) is 36.4 Å². The zero-order valence-electron chi connectivity index (χ0n) is 17.7. The molecule has 0 spiro atoms. The topological polar surface area (TPSA) is 113 Å². The summed E-state index contributed by atoms with van der Waals surface area (Å²) in [5.74, 6) is -2.36. The molecule has 170 valence electrons. The number of hydrogen-bond acceptors (Lipinski definition) is 6. The zero-order chi connectivity index (χ0) is 23.5. The molecule has 0 saturated heterocycles. The van der Waals surface area contributed by atoms with Gasteiger partial charge in [0.25, 0.3) is 11.8 Å². The highest BCUT2D eigenvalue weighted by atomic mass is 19.1. The number of fused-ring (bicyclic) bond motifs is 1. The third kappa shape index (κ3) is 4.49. The average molecular weight is 452 g/mol. The summed E-state index contributed by atoms with van der Waals surface area (Å²) in [6.07, 6.45) is 1.23. The van der Waals surface area contributed by atoms with E-state index in [1.165, 1.54) is 21.8 Å². The number of pyridine rings is 1. The molecule has 0 aliphatic carbocycles. The van der Waals surface area contributed by atoms with E-state index in [4.69, 9.17) is 4.74 Å². The molecule has 3 N–H and O–H groups in total. The van der Waals surface area contributed by atoms with Crippen molar-refractivity contribution in [2.24, 2.45) is 0 Å². The van der Waals surface area contributed by atoms with Gasteiger partial charge in [-0.3, -0.25) is 19.1 Å². The first-order valence-corrected chi connectivity index (χ1v) is 10.1. The number of hydrogen-bond donors (Lipinski definition) is 3. The molecule has 2 amide bonds. The van der Waals surface area contributed by atoms with Crippen molar-refractivity contribution in [3.8, 4) is 11.5 Å². The summed E-state index contributed by atoms with van der Waals surface area (Å²) >= 11 is 0. The lowest BCUT2D eigenvalue weighted by atomic mass is 10.1. The van der Waals surface area contributed by atoms with E-state index in [-0.39, 0.29) is 48.1 Å². The van der Waals surface area contributed by atoms with Gasteiger partial charge in [0.1, 0.15) is 30.4 Å². The van der Waals surface area contributed by atoms with Gasteiger partial charge in [-0.05, 0) is 11.6 Å². The average Bonchev–Trinajstić information content (AvgIpc) is 2.80. The number of nitrogens with one attached hydrogen (secondary N) is 2. The third-order valence-corrected chi connectivity index (χ3v) is 5.15. The first-order chi connectivity index (χ1) is 15.8. The van der Waals surface area contributed by atoms with Crippen LogP contribution in [0.5, 0.6) is 11.5 Å². The molecule has 1 aliphatic rings. The van der Waals surface area contributed by atoms with Gasteiger partial charge in [0.15, 0.2) is 11.4 Å². The number of amides is 2. The maximum atomic E-state index is 13.2. The van der Waals surface area contributed by atoms with Gasteiger partial charge >= 0.3 is 0 Å². The van der Waals surface area contributed by atoms with Crippen LogP contribution in [0.15, 0.2) is 59.5 Å². The van der Waals surface area contributed by atoms with Crippen LogP contribution in [0.2, 0.25) is 0 Å². The summed E-state index contributed by atoms with van der Waals surface area (Å²) in [4.78, 5) is 40.1. The highest BCUT2D eigenvalue weighted by Crippen LogP contribution is 2.21. The van der Waals surface area contributed by atoms with Crippen molar-refractivity contribution in [3.63, 3.8) is 0 Å². The number of nitrogens with zero attached hydrogens (tertiary/aromatic N) is 2. The number of ether oxygens (including phenoxy) is 1. The van der Waals surface area contributed by atoms with E-state index in [0.29, 0.717) is 0 Å². The number of rotatable bonds is 6. The normalized spacial score (nSPS) is 12.7. The molecule has 0 unspecified atom stereocenters. The second-order valence-corrected chi connectivity index (χ2v) is 7.47. The van der Waals surface area contributed by atoms with Crippen LogP contribution >= 0.6 is 0 Å². The molecule has 1 aromatic heterocycles. The maximum absolute atomic E-state index is 13.2. The monoisotopic (exact) mass is 452 g/mol. The molecule has 9 nitrogen and oxygen atoms in total. The van der Waals surface area contributed by atoms with E-state index in [2.05, 4.69) is 10.7 Å². The zero-order valence-corrected chi connectivity index (χ0v) is 17.7. The van der Waals surface area contributed by atoms with Gasteiger partial charge in [-0.15, -0.1) is 0 Å². The number of halogens is 1. The molecule has 0 radical (unpaired) electrons. The second kappa shape index (κ2) is 9.03. The summed E-state index contributed by atoms with van der Waals surface area (Å²) in [6, 6.07) is 12.5. The van der Waals surface area contributed by atoms with Gasteiger partial charge in [-0.25, -0.2) is 4.39 Å². The van der Waals surface area contributed by atoms with E-state index >= 15 is 0 Å². The largest absolute Gasteiger partial charge is 0.507 e. The first-order valence-electron chi connectivity index (χ1n) is 10.1. The van der Waals surface area contributed by atoms with Crippen LogP contribution in [0.1, 0.15) is 32.0 Å². The van der Waals surface area contributed by atoms with Crippen molar-refractivity contribution in [1.29, 1.82) is 0 Å². The van der Waals surface area contributed by atoms with Gasteiger partial charge in [-0.2, -0.15) is 0 Å². The molecule has 1 aliphatic heterocycles.